The van der Waals surface area contributed by atoms with Gasteiger partial charge in [0.25, 0.3) is 0 Å². The van der Waals surface area contributed by atoms with Gasteiger partial charge in [0, 0.05) is 28.5 Å². The first kappa shape index (κ1) is 23.5. The molecule has 0 N–H and O–H groups in total. The number of furan rings is 1. The van der Waals surface area contributed by atoms with Gasteiger partial charge in [-0.15, -0.1) is 0 Å². The van der Waals surface area contributed by atoms with Gasteiger partial charge in [-0.3, -0.25) is 0 Å². The van der Waals surface area contributed by atoms with Crippen LogP contribution in [0.4, 0.5) is 0 Å². The summed E-state index contributed by atoms with van der Waals surface area (Å²) in [6, 6.07) is 24.0. The molecule has 0 amide bonds. The lowest BCUT2D eigenvalue weighted by Crippen LogP contribution is -2.33. The standard InChI is InChI=1S/C34H33N2O/c1-21-10-12-25-24-14-13-23(22-11-15-27-28(19-22)34(4,5)17-16-33(27,2)3)26(20-35)31(24)37-32(25)30(21)29-9-7-8-18-36(29)6/h7-15,18-19H,16-17H2,1-6H3/q+1. The van der Waals surface area contributed by atoms with Crippen LogP contribution in [-0.2, 0) is 17.9 Å². The van der Waals surface area contributed by atoms with Gasteiger partial charge in [0.15, 0.2) is 11.8 Å². The van der Waals surface area contributed by atoms with Gasteiger partial charge in [-0.2, -0.15) is 5.26 Å². The number of benzene rings is 3. The van der Waals surface area contributed by atoms with E-state index in [0.717, 1.165) is 50.7 Å². The van der Waals surface area contributed by atoms with Gasteiger partial charge in [-0.05, 0) is 65.0 Å². The molecule has 2 heterocycles. The molecule has 2 aromatic heterocycles. The van der Waals surface area contributed by atoms with E-state index in [1.54, 1.807) is 0 Å². The first-order chi connectivity index (χ1) is 17.6. The van der Waals surface area contributed by atoms with Crippen molar-refractivity contribution in [2.24, 2.45) is 7.05 Å². The van der Waals surface area contributed by atoms with Crippen molar-refractivity contribution in [2.75, 3.05) is 0 Å². The van der Waals surface area contributed by atoms with Crippen molar-refractivity contribution in [1.82, 2.24) is 0 Å². The fraction of sp³-hybridized carbons (Fsp3) is 0.294. The summed E-state index contributed by atoms with van der Waals surface area (Å²) >= 11 is 0. The summed E-state index contributed by atoms with van der Waals surface area (Å²) in [7, 11) is 2.05. The average Bonchev–Trinajstić information content (AvgIpc) is 3.25. The van der Waals surface area contributed by atoms with Crippen molar-refractivity contribution < 1.29 is 8.98 Å². The summed E-state index contributed by atoms with van der Waals surface area (Å²) in [6.45, 7) is 11.5. The lowest BCUT2D eigenvalue weighted by Gasteiger charge is -2.42. The van der Waals surface area contributed by atoms with Crippen LogP contribution in [0.15, 0.2) is 71.3 Å². The number of hydrogen-bond donors (Lipinski definition) is 0. The topological polar surface area (TPSA) is 40.8 Å². The Bertz CT molecular complexity index is 1760. The van der Waals surface area contributed by atoms with E-state index < -0.39 is 0 Å². The number of nitriles is 1. The Morgan fingerprint density at radius 2 is 1.54 bits per heavy atom. The Balaban J connectivity index is 1.61. The van der Waals surface area contributed by atoms with Crippen LogP contribution in [0.25, 0.3) is 44.3 Å². The van der Waals surface area contributed by atoms with Gasteiger partial charge in [-0.1, -0.05) is 64.1 Å². The van der Waals surface area contributed by atoms with Crippen molar-refractivity contribution in [1.29, 1.82) is 5.26 Å². The van der Waals surface area contributed by atoms with Gasteiger partial charge in [0.05, 0.1) is 5.56 Å². The highest BCUT2D eigenvalue weighted by Crippen LogP contribution is 2.47. The largest absolute Gasteiger partial charge is 0.454 e. The number of aromatic nitrogens is 1. The molecule has 1 aliphatic carbocycles. The summed E-state index contributed by atoms with van der Waals surface area (Å²) in [5.41, 5.74) is 10.5. The molecule has 0 unspecified atom stereocenters. The van der Waals surface area contributed by atoms with E-state index in [-0.39, 0.29) is 10.8 Å². The van der Waals surface area contributed by atoms with Crippen molar-refractivity contribution >= 4 is 21.9 Å². The van der Waals surface area contributed by atoms with Gasteiger partial charge in [0.2, 0.25) is 5.69 Å². The third kappa shape index (κ3) is 3.50. The number of aryl methyl sites for hydroxylation is 2. The molecule has 1 aliphatic rings. The van der Waals surface area contributed by atoms with Crippen molar-refractivity contribution in [3.8, 4) is 28.5 Å². The van der Waals surface area contributed by atoms with E-state index in [1.807, 2.05) is 25.4 Å². The van der Waals surface area contributed by atoms with Crippen LogP contribution in [-0.4, -0.2) is 0 Å². The molecule has 3 nitrogen and oxygen atoms in total. The van der Waals surface area contributed by atoms with Crippen LogP contribution in [0, 0.1) is 18.3 Å². The van der Waals surface area contributed by atoms with E-state index >= 15 is 0 Å². The summed E-state index contributed by atoms with van der Waals surface area (Å²) in [5.74, 6) is 0. The van der Waals surface area contributed by atoms with Crippen molar-refractivity contribution in [2.45, 2.75) is 58.3 Å². The van der Waals surface area contributed by atoms with Crippen molar-refractivity contribution in [3.05, 3.63) is 89.1 Å². The Morgan fingerprint density at radius 3 is 2.27 bits per heavy atom. The van der Waals surface area contributed by atoms with Crippen LogP contribution < -0.4 is 4.57 Å². The number of hydrogen-bond acceptors (Lipinski definition) is 2. The molecule has 0 saturated heterocycles. The van der Waals surface area contributed by atoms with E-state index in [0.29, 0.717) is 11.1 Å². The minimum Gasteiger partial charge on any atom is -0.454 e. The van der Waals surface area contributed by atoms with Gasteiger partial charge in [-0.25, -0.2) is 4.57 Å². The normalized spacial score (nSPS) is 16.0. The van der Waals surface area contributed by atoms with E-state index in [1.165, 1.54) is 17.5 Å². The summed E-state index contributed by atoms with van der Waals surface area (Å²) in [5, 5.41) is 12.4. The molecule has 6 rings (SSSR count). The second-order valence-corrected chi connectivity index (χ2v) is 11.9. The zero-order valence-corrected chi connectivity index (χ0v) is 22.6. The molecule has 3 aromatic carbocycles. The molecular weight excluding hydrogens is 452 g/mol. The number of nitrogens with zero attached hydrogens (tertiary/aromatic N) is 2. The molecule has 0 saturated carbocycles. The highest BCUT2D eigenvalue weighted by atomic mass is 16.3. The lowest BCUT2D eigenvalue weighted by atomic mass is 9.63. The van der Waals surface area contributed by atoms with E-state index in [9.17, 15) is 5.26 Å². The fourth-order valence-corrected chi connectivity index (χ4v) is 6.21. The third-order valence-electron chi connectivity index (χ3n) is 8.60. The molecule has 0 spiro atoms. The Labute approximate surface area is 219 Å². The zero-order chi connectivity index (χ0) is 26.1. The van der Waals surface area contributed by atoms with E-state index in [2.05, 4.69) is 93.8 Å². The van der Waals surface area contributed by atoms with Crippen LogP contribution in [0.1, 0.15) is 62.8 Å². The molecule has 5 aromatic rings. The molecule has 37 heavy (non-hydrogen) atoms. The SMILES string of the molecule is Cc1ccc2c(oc3c(C#N)c(-c4ccc5c(c4)C(C)(C)CCC5(C)C)ccc32)c1-c1cccc[n+]1C. The van der Waals surface area contributed by atoms with Crippen LogP contribution >= 0.6 is 0 Å². The number of pyridine rings is 1. The maximum atomic E-state index is 10.4. The predicted octanol–water partition coefficient (Wildman–Crippen LogP) is 8.27. The smallest absolute Gasteiger partial charge is 0.216 e. The molecule has 0 radical (unpaired) electrons. The highest BCUT2D eigenvalue weighted by Gasteiger charge is 2.37. The van der Waals surface area contributed by atoms with E-state index in [4.69, 9.17) is 4.42 Å². The van der Waals surface area contributed by atoms with Gasteiger partial charge < -0.3 is 4.42 Å². The third-order valence-corrected chi connectivity index (χ3v) is 8.60. The van der Waals surface area contributed by atoms with Crippen LogP contribution in [0.5, 0.6) is 0 Å². The highest BCUT2D eigenvalue weighted by molar-refractivity contribution is 6.12. The summed E-state index contributed by atoms with van der Waals surface area (Å²) in [6.07, 6.45) is 4.39. The average molecular weight is 486 g/mol. The molecule has 184 valence electrons. The van der Waals surface area contributed by atoms with Crippen LogP contribution in [0.2, 0.25) is 0 Å². The quantitative estimate of drug-likeness (QED) is 0.236. The van der Waals surface area contributed by atoms with Crippen molar-refractivity contribution in [3.63, 3.8) is 0 Å². The second-order valence-electron chi connectivity index (χ2n) is 11.9. The molecule has 3 heteroatoms. The molecule has 0 aliphatic heterocycles. The van der Waals surface area contributed by atoms with Gasteiger partial charge >= 0.3 is 0 Å². The molecule has 0 atom stereocenters. The second kappa shape index (κ2) is 8.05. The van der Waals surface area contributed by atoms with Gasteiger partial charge in [0.1, 0.15) is 24.3 Å². The minimum absolute atomic E-state index is 0.106. The lowest BCUT2D eigenvalue weighted by molar-refractivity contribution is -0.660. The molecular formula is C34H33N2O+. The summed E-state index contributed by atoms with van der Waals surface area (Å²) in [4.78, 5) is 0. The van der Waals surface area contributed by atoms with Crippen LogP contribution in [0.3, 0.4) is 0 Å². The monoisotopic (exact) mass is 485 g/mol. The minimum atomic E-state index is 0.106. The Hall–Kier alpha value is -3.90. The predicted molar refractivity (Wildman–Crippen MR) is 151 cm³/mol. The fourth-order valence-electron chi connectivity index (χ4n) is 6.21. The summed E-state index contributed by atoms with van der Waals surface area (Å²) < 4.78 is 8.72. The first-order valence-corrected chi connectivity index (χ1v) is 13.1. The Morgan fingerprint density at radius 1 is 0.838 bits per heavy atom. The zero-order valence-electron chi connectivity index (χ0n) is 22.6. The first-order valence-electron chi connectivity index (χ1n) is 13.1. The maximum absolute atomic E-state index is 10.4. The molecule has 0 fully saturated rings. The number of fused-ring (bicyclic) bond motifs is 4. The Kier molecular flexibility index (Phi) is 5.11. The molecule has 0 bridgehead atoms. The number of rotatable bonds is 2. The maximum Gasteiger partial charge on any atom is 0.216 e.